The monoisotopic (exact) mass is 403 g/mol. The molecule has 0 unspecified atom stereocenters. The van der Waals surface area contributed by atoms with E-state index in [0.717, 1.165) is 32.5 Å². The first-order valence-electron chi connectivity index (χ1n) is 9.07. The first kappa shape index (κ1) is 20.1. The van der Waals surface area contributed by atoms with Gasteiger partial charge in [-0.25, -0.2) is 0 Å². The molecule has 1 aliphatic rings. The van der Waals surface area contributed by atoms with Crippen LogP contribution in [0, 0.1) is 16.0 Å². The Morgan fingerprint density at radius 3 is 2.57 bits per heavy atom. The quantitative estimate of drug-likeness (QED) is 0.579. The molecule has 7 nitrogen and oxygen atoms in total. The largest absolute Gasteiger partial charge is 0.494 e. The van der Waals surface area contributed by atoms with Crippen molar-refractivity contribution in [3.8, 4) is 5.75 Å². The number of carbonyl (C=O) groups excluding carboxylic acids is 1. The minimum absolute atomic E-state index is 0.0428. The fourth-order valence-corrected chi connectivity index (χ4v) is 3.61. The predicted octanol–water partition coefficient (Wildman–Crippen LogP) is 4.11. The van der Waals surface area contributed by atoms with E-state index in [1.165, 1.54) is 24.8 Å². The van der Waals surface area contributed by atoms with E-state index in [-0.39, 0.29) is 28.3 Å². The molecule has 148 valence electrons. The Hall–Kier alpha value is -2.64. The molecule has 28 heavy (non-hydrogen) atoms. The Bertz CT molecular complexity index is 852. The number of nitro benzene ring substituents is 1. The molecule has 8 heteroatoms. The predicted molar refractivity (Wildman–Crippen MR) is 108 cm³/mol. The lowest BCUT2D eigenvalue weighted by Crippen LogP contribution is -2.37. The highest BCUT2D eigenvalue weighted by molar-refractivity contribution is 6.33. The summed E-state index contributed by atoms with van der Waals surface area (Å²) in [6.07, 6.45) is 1.50. The van der Waals surface area contributed by atoms with Crippen molar-refractivity contribution in [2.24, 2.45) is 5.92 Å². The minimum atomic E-state index is -0.584. The second kappa shape index (κ2) is 9.03. The maximum absolute atomic E-state index is 12.7. The Morgan fingerprint density at radius 2 is 1.96 bits per heavy atom. The molecule has 0 aromatic heterocycles. The van der Waals surface area contributed by atoms with Gasteiger partial charge in [-0.3, -0.25) is 19.8 Å². The van der Waals surface area contributed by atoms with E-state index in [1.807, 2.05) is 18.2 Å². The third-order valence-electron chi connectivity index (χ3n) is 4.93. The molecule has 0 saturated carbocycles. The third-order valence-corrected chi connectivity index (χ3v) is 5.23. The highest BCUT2D eigenvalue weighted by atomic mass is 35.5. The Balaban J connectivity index is 1.60. The number of likely N-dealkylation sites (tertiary alicyclic amines) is 1. The highest BCUT2D eigenvalue weighted by Gasteiger charge is 2.26. The molecule has 0 radical (unpaired) electrons. The van der Waals surface area contributed by atoms with Gasteiger partial charge in [-0.2, -0.15) is 0 Å². The molecule has 1 N–H and O–H groups in total. The van der Waals surface area contributed by atoms with Gasteiger partial charge in [0.15, 0.2) is 0 Å². The molecule has 1 aliphatic heterocycles. The summed E-state index contributed by atoms with van der Waals surface area (Å²) in [7, 11) is 1.39. The number of nitro groups is 1. The molecule has 0 bridgehead atoms. The zero-order chi connectivity index (χ0) is 20.1. The lowest BCUT2D eigenvalue weighted by Gasteiger charge is -2.31. The second-order valence-corrected chi connectivity index (χ2v) is 7.19. The number of piperidine rings is 1. The molecule has 0 atom stereocenters. The van der Waals surface area contributed by atoms with Crippen LogP contribution >= 0.6 is 11.6 Å². The van der Waals surface area contributed by atoms with Gasteiger partial charge in [-0.1, -0.05) is 41.9 Å². The van der Waals surface area contributed by atoms with E-state index in [4.69, 9.17) is 16.3 Å². The normalized spacial score (nSPS) is 15.2. The van der Waals surface area contributed by atoms with Crippen molar-refractivity contribution in [3.05, 3.63) is 63.2 Å². The van der Waals surface area contributed by atoms with Gasteiger partial charge >= 0.3 is 0 Å². The van der Waals surface area contributed by atoms with Crippen LogP contribution in [0.1, 0.15) is 18.4 Å². The van der Waals surface area contributed by atoms with Gasteiger partial charge in [0, 0.05) is 12.5 Å². The zero-order valence-electron chi connectivity index (χ0n) is 15.6. The van der Waals surface area contributed by atoms with Crippen LogP contribution in [0.5, 0.6) is 5.75 Å². The third kappa shape index (κ3) is 4.79. The SMILES string of the molecule is COc1cc([N+](=O)[O-])c(Cl)cc1NC(=O)C1CCN(Cc2ccccc2)CC1. The van der Waals surface area contributed by atoms with Crippen molar-refractivity contribution in [1.29, 1.82) is 0 Å². The fraction of sp³-hybridized carbons (Fsp3) is 0.350. The first-order valence-corrected chi connectivity index (χ1v) is 9.44. The van der Waals surface area contributed by atoms with Crippen molar-refractivity contribution < 1.29 is 14.5 Å². The number of nitrogens with zero attached hydrogens (tertiary/aromatic N) is 2. The van der Waals surface area contributed by atoms with Crippen molar-refractivity contribution in [1.82, 2.24) is 4.90 Å². The van der Waals surface area contributed by atoms with E-state index in [1.54, 1.807) is 0 Å². The van der Waals surface area contributed by atoms with E-state index < -0.39 is 4.92 Å². The number of hydrogen-bond acceptors (Lipinski definition) is 5. The molecule has 1 saturated heterocycles. The van der Waals surface area contributed by atoms with Gasteiger partial charge in [0.05, 0.1) is 23.8 Å². The molecule has 0 spiro atoms. The molecule has 2 aromatic rings. The molecular weight excluding hydrogens is 382 g/mol. The lowest BCUT2D eigenvalue weighted by atomic mass is 9.95. The number of amides is 1. The van der Waals surface area contributed by atoms with Crippen molar-refractivity contribution in [2.75, 3.05) is 25.5 Å². The highest BCUT2D eigenvalue weighted by Crippen LogP contribution is 2.36. The van der Waals surface area contributed by atoms with Crippen LogP contribution in [0.15, 0.2) is 42.5 Å². The molecule has 1 amide bonds. The number of hydrogen-bond donors (Lipinski definition) is 1. The van der Waals surface area contributed by atoms with Crippen LogP contribution in [0.4, 0.5) is 11.4 Å². The number of anilines is 1. The van der Waals surface area contributed by atoms with Crippen LogP contribution in [0.25, 0.3) is 0 Å². The number of benzene rings is 2. The number of rotatable bonds is 6. The number of nitrogens with one attached hydrogen (secondary N) is 1. The topological polar surface area (TPSA) is 84.7 Å². The summed E-state index contributed by atoms with van der Waals surface area (Å²) in [6.45, 7) is 2.55. The van der Waals surface area contributed by atoms with E-state index in [9.17, 15) is 14.9 Å². The summed E-state index contributed by atoms with van der Waals surface area (Å²) >= 11 is 5.96. The van der Waals surface area contributed by atoms with Gasteiger partial charge < -0.3 is 10.1 Å². The van der Waals surface area contributed by atoms with Gasteiger partial charge in [-0.05, 0) is 37.6 Å². The summed E-state index contributed by atoms with van der Waals surface area (Å²) in [6, 6.07) is 12.8. The molecule has 0 aliphatic carbocycles. The Kier molecular flexibility index (Phi) is 6.49. The molecule has 2 aromatic carbocycles. The van der Waals surface area contributed by atoms with Crippen molar-refractivity contribution >= 4 is 28.9 Å². The smallest absolute Gasteiger partial charge is 0.291 e. The molecule has 3 rings (SSSR count). The summed E-state index contributed by atoms with van der Waals surface area (Å²) in [5, 5.41) is 13.8. The Labute approximate surface area is 168 Å². The number of methoxy groups -OCH3 is 1. The van der Waals surface area contributed by atoms with Crippen LogP contribution in [0.3, 0.4) is 0 Å². The van der Waals surface area contributed by atoms with Gasteiger partial charge in [-0.15, -0.1) is 0 Å². The van der Waals surface area contributed by atoms with Crippen molar-refractivity contribution in [3.63, 3.8) is 0 Å². The molecule has 1 fully saturated rings. The van der Waals surface area contributed by atoms with Crippen LogP contribution < -0.4 is 10.1 Å². The number of carbonyl (C=O) groups is 1. The van der Waals surface area contributed by atoms with Gasteiger partial charge in [0.25, 0.3) is 5.69 Å². The lowest BCUT2D eigenvalue weighted by molar-refractivity contribution is -0.384. The number of halogens is 1. The molecular formula is C20H22ClN3O4. The minimum Gasteiger partial charge on any atom is -0.494 e. The Morgan fingerprint density at radius 1 is 1.29 bits per heavy atom. The summed E-state index contributed by atoms with van der Waals surface area (Å²) in [5.41, 5.74) is 1.34. The second-order valence-electron chi connectivity index (χ2n) is 6.79. The first-order chi connectivity index (χ1) is 13.5. The van der Waals surface area contributed by atoms with Crippen LogP contribution in [-0.4, -0.2) is 35.9 Å². The maximum Gasteiger partial charge on any atom is 0.291 e. The summed E-state index contributed by atoms with van der Waals surface area (Å²) in [4.78, 5) is 25.4. The number of ether oxygens (including phenoxy) is 1. The molecule has 1 heterocycles. The summed E-state index contributed by atoms with van der Waals surface area (Å²) < 4.78 is 5.18. The average molecular weight is 404 g/mol. The van der Waals surface area contributed by atoms with Crippen LogP contribution in [0.2, 0.25) is 5.02 Å². The van der Waals surface area contributed by atoms with Crippen LogP contribution in [-0.2, 0) is 11.3 Å². The van der Waals surface area contributed by atoms with E-state index in [0.29, 0.717) is 5.69 Å². The van der Waals surface area contributed by atoms with Gasteiger partial charge in [0.1, 0.15) is 10.8 Å². The maximum atomic E-state index is 12.7. The fourth-order valence-electron chi connectivity index (χ4n) is 3.38. The standard InChI is InChI=1S/C20H22ClN3O4/c1-28-19-12-18(24(26)27)16(21)11-17(19)22-20(25)15-7-9-23(10-8-15)13-14-5-3-2-4-6-14/h2-6,11-12,15H,7-10,13H2,1H3,(H,22,25). The van der Waals surface area contributed by atoms with E-state index in [2.05, 4.69) is 22.3 Å². The van der Waals surface area contributed by atoms with Crippen molar-refractivity contribution in [2.45, 2.75) is 19.4 Å². The zero-order valence-corrected chi connectivity index (χ0v) is 16.3. The van der Waals surface area contributed by atoms with Gasteiger partial charge in [0.2, 0.25) is 5.91 Å². The average Bonchev–Trinajstić information content (AvgIpc) is 2.69. The van der Waals surface area contributed by atoms with E-state index >= 15 is 0 Å². The summed E-state index contributed by atoms with van der Waals surface area (Å²) in [5.74, 6) is -0.0285.